The summed E-state index contributed by atoms with van der Waals surface area (Å²) in [4.78, 5) is 0. The summed E-state index contributed by atoms with van der Waals surface area (Å²) >= 11 is 0. The molecular formula is C16H31F3O3S. The van der Waals surface area contributed by atoms with Gasteiger partial charge in [0.25, 0.3) is 0 Å². The third-order valence-corrected chi connectivity index (χ3v) is 5.00. The largest absolute Gasteiger partial charge is 0.523 e. The van der Waals surface area contributed by atoms with Crippen LogP contribution in [-0.2, 0) is 14.3 Å². The fourth-order valence-corrected chi connectivity index (χ4v) is 3.75. The van der Waals surface area contributed by atoms with Gasteiger partial charge in [0.15, 0.2) is 0 Å². The summed E-state index contributed by atoms with van der Waals surface area (Å²) in [6, 6.07) is 0. The third-order valence-electron chi connectivity index (χ3n) is 3.99. The molecule has 0 amide bonds. The fourth-order valence-electron chi connectivity index (χ4n) is 3.20. The molecule has 0 rings (SSSR count). The second-order valence-electron chi connectivity index (χ2n) is 7.10. The highest BCUT2D eigenvalue weighted by Gasteiger charge is 2.47. The van der Waals surface area contributed by atoms with Gasteiger partial charge in [-0.1, -0.05) is 47.5 Å². The molecule has 0 aliphatic heterocycles. The molecule has 3 nitrogen and oxygen atoms in total. The maximum atomic E-state index is 12.2. The van der Waals surface area contributed by atoms with Gasteiger partial charge in [0.05, 0.1) is 6.61 Å². The molecule has 23 heavy (non-hydrogen) atoms. The average Bonchev–Trinajstić information content (AvgIpc) is 2.34. The first-order valence-corrected chi connectivity index (χ1v) is 9.75. The number of hydrogen-bond donors (Lipinski definition) is 0. The Hall–Kier alpha value is -0.300. The lowest BCUT2D eigenvalue weighted by Gasteiger charge is -2.22. The van der Waals surface area contributed by atoms with E-state index in [1.807, 2.05) is 0 Å². The lowest BCUT2D eigenvalue weighted by atomic mass is 9.85. The standard InChI is InChI=1S/C16H31F3O3S/c1-6-7-12(2)8-13(3)9-14(4)10-15(5)11-22-23(20,21)16(17,18)19/h12-15H,6-11H2,1-5H3/t12-,13+,14-,15+/m0/s1. The molecule has 0 unspecified atom stereocenters. The van der Waals surface area contributed by atoms with Crippen LogP contribution in [0.5, 0.6) is 0 Å². The zero-order valence-electron chi connectivity index (χ0n) is 14.8. The second kappa shape index (κ2) is 9.87. The molecule has 7 heteroatoms. The molecular weight excluding hydrogens is 329 g/mol. The Kier molecular flexibility index (Phi) is 9.74. The summed E-state index contributed by atoms with van der Waals surface area (Å²) in [5.74, 6) is 1.33. The molecule has 0 aliphatic carbocycles. The third kappa shape index (κ3) is 9.55. The van der Waals surface area contributed by atoms with E-state index in [4.69, 9.17) is 0 Å². The van der Waals surface area contributed by atoms with E-state index in [0.717, 1.165) is 12.8 Å². The predicted molar refractivity (Wildman–Crippen MR) is 86.3 cm³/mol. The normalized spacial score (nSPS) is 18.4. The summed E-state index contributed by atoms with van der Waals surface area (Å²) < 4.78 is 62.4. The molecule has 0 aromatic rings. The van der Waals surface area contributed by atoms with Crippen LogP contribution in [0.3, 0.4) is 0 Å². The highest BCUT2D eigenvalue weighted by Crippen LogP contribution is 2.28. The van der Waals surface area contributed by atoms with Crippen molar-refractivity contribution in [3.63, 3.8) is 0 Å². The van der Waals surface area contributed by atoms with Crippen LogP contribution in [0.25, 0.3) is 0 Å². The molecule has 0 fully saturated rings. The molecule has 0 saturated heterocycles. The van der Waals surface area contributed by atoms with E-state index in [2.05, 4.69) is 31.9 Å². The van der Waals surface area contributed by atoms with Gasteiger partial charge in [0.1, 0.15) is 0 Å². The van der Waals surface area contributed by atoms with Crippen LogP contribution in [-0.4, -0.2) is 20.5 Å². The van der Waals surface area contributed by atoms with Gasteiger partial charge in [-0.15, -0.1) is 0 Å². The van der Waals surface area contributed by atoms with Gasteiger partial charge in [-0.3, -0.25) is 4.18 Å². The summed E-state index contributed by atoms with van der Waals surface area (Å²) in [6.07, 6.45) is 5.17. The Morgan fingerprint density at radius 1 is 0.870 bits per heavy atom. The molecule has 0 heterocycles. The van der Waals surface area contributed by atoms with Gasteiger partial charge in [-0.25, -0.2) is 0 Å². The highest BCUT2D eigenvalue weighted by atomic mass is 32.2. The quantitative estimate of drug-likeness (QED) is 0.368. The Morgan fingerprint density at radius 3 is 1.74 bits per heavy atom. The Morgan fingerprint density at radius 2 is 1.30 bits per heavy atom. The second-order valence-corrected chi connectivity index (χ2v) is 8.71. The maximum absolute atomic E-state index is 12.2. The predicted octanol–water partition coefficient (Wildman–Crippen LogP) is 5.37. The summed E-state index contributed by atoms with van der Waals surface area (Å²) in [6.45, 7) is 9.94. The van der Waals surface area contributed by atoms with Gasteiger partial charge < -0.3 is 0 Å². The fraction of sp³-hybridized carbons (Fsp3) is 1.00. The van der Waals surface area contributed by atoms with Crippen LogP contribution >= 0.6 is 0 Å². The molecule has 0 bridgehead atoms. The van der Waals surface area contributed by atoms with E-state index >= 15 is 0 Å². The molecule has 0 N–H and O–H groups in total. The molecule has 0 saturated carbocycles. The Balaban J connectivity index is 4.18. The van der Waals surface area contributed by atoms with Crippen molar-refractivity contribution in [2.45, 2.75) is 72.2 Å². The van der Waals surface area contributed by atoms with Gasteiger partial charge in [-0.2, -0.15) is 21.6 Å². The molecule has 0 spiro atoms. The van der Waals surface area contributed by atoms with Crippen molar-refractivity contribution in [2.75, 3.05) is 6.61 Å². The summed E-state index contributed by atoms with van der Waals surface area (Å²) in [5.41, 5.74) is -5.34. The van der Waals surface area contributed by atoms with Gasteiger partial charge in [-0.05, 0) is 42.9 Å². The molecule has 0 aromatic carbocycles. The molecule has 0 aliphatic rings. The summed E-state index contributed by atoms with van der Waals surface area (Å²) in [5, 5.41) is 0. The first-order chi connectivity index (χ1) is 10.4. The van der Waals surface area contributed by atoms with E-state index in [1.54, 1.807) is 6.92 Å². The van der Waals surface area contributed by atoms with Crippen molar-refractivity contribution in [3.8, 4) is 0 Å². The minimum Gasteiger partial charge on any atom is -0.263 e. The van der Waals surface area contributed by atoms with Gasteiger partial charge >= 0.3 is 15.6 Å². The first-order valence-electron chi connectivity index (χ1n) is 8.34. The summed E-state index contributed by atoms with van der Waals surface area (Å²) in [7, 11) is -5.47. The van der Waals surface area contributed by atoms with Crippen molar-refractivity contribution in [3.05, 3.63) is 0 Å². The monoisotopic (exact) mass is 360 g/mol. The van der Waals surface area contributed by atoms with E-state index in [-0.39, 0.29) is 5.92 Å². The lowest BCUT2D eigenvalue weighted by Crippen LogP contribution is -2.27. The van der Waals surface area contributed by atoms with Crippen LogP contribution < -0.4 is 0 Å². The average molecular weight is 360 g/mol. The van der Waals surface area contributed by atoms with Gasteiger partial charge in [0, 0.05) is 0 Å². The maximum Gasteiger partial charge on any atom is 0.523 e. The SMILES string of the molecule is CCC[C@H](C)C[C@@H](C)C[C@H](C)C[C@@H](C)COS(=O)(=O)C(F)(F)F. The molecule has 0 aromatic heterocycles. The van der Waals surface area contributed by atoms with Crippen LogP contribution in [0, 0.1) is 23.7 Å². The molecule has 0 radical (unpaired) electrons. The number of hydrogen-bond acceptors (Lipinski definition) is 3. The lowest BCUT2D eigenvalue weighted by molar-refractivity contribution is -0.0550. The first kappa shape index (κ1) is 22.7. The van der Waals surface area contributed by atoms with E-state index in [1.165, 1.54) is 12.8 Å². The van der Waals surface area contributed by atoms with Crippen molar-refractivity contribution in [1.82, 2.24) is 0 Å². The van der Waals surface area contributed by atoms with E-state index in [9.17, 15) is 21.6 Å². The van der Waals surface area contributed by atoms with Crippen LogP contribution in [0.2, 0.25) is 0 Å². The number of alkyl halides is 3. The van der Waals surface area contributed by atoms with E-state index < -0.39 is 22.2 Å². The topological polar surface area (TPSA) is 43.4 Å². The number of halogens is 3. The Bertz CT molecular complexity index is 421. The number of rotatable bonds is 11. The molecule has 140 valence electrons. The molecule has 4 atom stereocenters. The van der Waals surface area contributed by atoms with Crippen molar-refractivity contribution in [1.29, 1.82) is 0 Å². The van der Waals surface area contributed by atoms with E-state index in [0.29, 0.717) is 24.2 Å². The minimum atomic E-state index is -5.47. The van der Waals surface area contributed by atoms with Gasteiger partial charge in [0.2, 0.25) is 0 Å². The van der Waals surface area contributed by atoms with Crippen LogP contribution in [0.15, 0.2) is 0 Å². The highest BCUT2D eigenvalue weighted by molar-refractivity contribution is 7.87. The van der Waals surface area contributed by atoms with Crippen molar-refractivity contribution < 1.29 is 25.8 Å². The Labute approximate surface area is 139 Å². The van der Waals surface area contributed by atoms with Crippen LogP contribution in [0.1, 0.15) is 66.7 Å². The zero-order valence-corrected chi connectivity index (χ0v) is 15.6. The van der Waals surface area contributed by atoms with Crippen molar-refractivity contribution >= 4 is 10.1 Å². The minimum absolute atomic E-state index is 0.234. The smallest absolute Gasteiger partial charge is 0.263 e. The van der Waals surface area contributed by atoms with Crippen molar-refractivity contribution in [2.24, 2.45) is 23.7 Å². The van der Waals surface area contributed by atoms with Crippen LogP contribution in [0.4, 0.5) is 13.2 Å². The zero-order chi connectivity index (χ0) is 18.3.